The van der Waals surface area contributed by atoms with Crippen LogP contribution in [-0.2, 0) is 9.53 Å². The zero-order chi connectivity index (χ0) is 18.6. The lowest BCUT2D eigenvalue weighted by atomic mass is 10.1. The van der Waals surface area contributed by atoms with Gasteiger partial charge in [0, 0.05) is 6.61 Å². The van der Waals surface area contributed by atoms with Gasteiger partial charge in [-0.3, -0.25) is 0 Å². The van der Waals surface area contributed by atoms with Crippen LogP contribution in [0.15, 0.2) is 36.5 Å². The molecular formula is C22H38O3. The number of carbonyl (C=O) groups is 1. The Balaban J connectivity index is 3.32. The summed E-state index contributed by atoms with van der Waals surface area (Å²) < 4.78 is 5.35. The lowest BCUT2D eigenvalue weighted by Gasteiger charge is -2.10. The fraction of sp³-hybridized carbons (Fsp3) is 0.682. The molecule has 0 rings (SSSR count). The minimum atomic E-state index is -0.848. The van der Waals surface area contributed by atoms with E-state index in [-0.39, 0.29) is 0 Å². The van der Waals surface area contributed by atoms with Gasteiger partial charge in [-0.2, -0.15) is 0 Å². The molecule has 0 aliphatic heterocycles. The van der Waals surface area contributed by atoms with E-state index < -0.39 is 12.1 Å². The molecule has 0 radical (unpaired) electrons. The SMILES string of the molecule is CCC=CCC=CCC=CCCCCCCCCOC(CC)C(=O)O. The van der Waals surface area contributed by atoms with Crippen molar-refractivity contribution in [2.24, 2.45) is 0 Å². The van der Waals surface area contributed by atoms with Crippen molar-refractivity contribution in [2.75, 3.05) is 6.61 Å². The van der Waals surface area contributed by atoms with Crippen molar-refractivity contribution in [3.8, 4) is 0 Å². The molecular weight excluding hydrogens is 312 g/mol. The van der Waals surface area contributed by atoms with Crippen molar-refractivity contribution < 1.29 is 14.6 Å². The lowest BCUT2D eigenvalue weighted by molar-refractivity contribution is -0.150. The molecule has 0 saturated carbocycles. The number of unbranched alkanes of at least 4 members (excludes halogenated alkanes) is 6. The second-order valence-electron chi connectivity index (χ2n) is 6.31. The van der Waals surface area contributed by atoms with Crippen LogP contribution in [0.1, 0.15) is 84.5 Å². The topological polar surface area (TPSA) is 46.5 Å². The van der Waals surface area contributed by atoms with Crippen LogP contribution in [0, 0.1) is 0 Å². The fourth-order valence-electron chi connectivity index (χ4n) is 2.49. The molecule has 0 aromatic rings. The fourth-order valence-corrected chi connectivity index (χ4v) is 2.49. The highest BCUT2D eigenvalue weighted by atomic mass is 16.5. The first-order valence-electron chi connectivity index (χ1n) is 10.0. The highest BCUT2D eigenvalue weighted by Crippen LogP contribution is 2.09. The Hall–Kier alpha value is -1.35. The number of aliphatic carboxylic acids is 1. The Kier molecular flexibility index (Phi) is 18.0. The molecule has 144 valence electrons. The highest BCUT2D eigenvalue weighted by Gasteiger charge is 2.14. The summed E-state index contributed by atoms with van der Waals surface area (Å²) in [6, 6.07) is 0. The quantitative estimate of drug-likeness (QED) is 0.242. The van der Waals surface area contributed by atoms with Gasteiger partial charge in [-0.25, -0.2) is 4.79 Å². The smallest absolute Gasteiger partial charge is 0.332 e. The number of rotatable bonds is 17. The molecule has 0 aliphatic carbocycles. The van der Waals surface area contributed by atoms with E-state index in [0.717, 1.165) is 32.1 Å². The summed E-state index contributed by atoms with van der Waals surface area (Å²) in [6.45, 7) is 4.56. The van der Waals surface area contributed by atoms with Crippen LogP contribution < -0.4 is 0 Å². The summed E-state index contributed by atoms with van der Waals surface area (Å²) in [4.78, 5) is 10.8. The molecule has 0 aliphatic rings. The van der Waals surface area contributed by atoms with E-state index >= 15 is 0 Å². The number of allylic oxidation sites excluding steroid dienone is 6. The van der Waals surface area contributed by atoms with Crippen LogP contribution in [0.2, 0.25) is 0 Å². The summed E-state index contributed by atoms with van der Waals surface area (Å²) in [6.07, 6.45) is 24.8. The zero-order valence-electron chi connectivity index (χ0n) is 16.3. The van der Waals surface area contributed by atoms with Crippen LogP contribution in [0.4, 0.5) is 0 Å². The molecule has 3 heteroatoms. The summed E-state index contributed by atoms with van der Waals surface area (Å²) in [5, 5.41) is 8.87. The van der Waals surface area contributed by atoms with Gasteiger partial charge in [0.1, 0.15) is 0 Å². The van der Waals surface area contributed by atoms with Crippen molar-refractivity contribution in [3.05, 3.63) is 36.5 Å². The van der Waals surface area contributed by atoms with Gasteiger partial charge >= 0.3 is 5.97 Å². The van der Waals surface area contributed by atoms with E-state index in [1.54, 1.807) is 0 Å². The molecule has 0 amide bonds. The molecule has 0 aromatic heterocycles. The summed E-state index contributed by atoms with van der Waals surface area (Å²) in [5.41, 5.74) is 0. The maximum Gasteiger partial charge on any atom is 0.332 e. The molecule has 0 heterocycles. The monoisotopic (exact) mass is 350 g/mol. The van der Waals surface area contributed by atoms with Gasteiger partial charge in [0.25, 0.3) is 0 Å². The van der Waals surface area contributed by atoms with E-state index in [2.05, 4.69) is 43.4 Å². The highest BCUT2D eigenvalue weighted by molar-refractivity contribution is 5.72. The maximum atomic E-state index is 10.8. The van der Waals surface area contributed by atoms with Gasteiger partial charge < -0.3 is 9.84 Å². The van der Waals surface area contributed by atoms with Gasteiger partial charge in [0.2, 0.25) is 0 Å². The average Bonchev–Trinajstić information content (AvgIpc) is 2.60. The Morgan fingerprint density at radius 3 is 2.00 bits per heavy atom. The van der Waals surface area contributed by atoms with E-state index in [4.69, 9.17) is 9.84 Å². The van der Waals surface area contributed by atoms with Crippen molar-refractivity contribution >= 4 is 5.97 Å². The van der Waals surface area contributed by atoms with E-state index in [0.29, 0.717) is 13.0 Å². The van der Waals surface area contributed by atoms with Gasteiger partial charge in [-0.15, -0.1) is 0 Å². The number of hydrogen-bond donors (Lipinski definition) is 1. The number of hydrogen-bond acceptors (Lipinski definition) is 2. The average molecular weight is 351 g/mol. The second kappa shape index (κ2) is 19.0. The Morgan fingerprint density at radius 2 is 1.40 bits per heavy atom. The van der Waals surface area contributed by atoms with Crippen LogP contribution >= 0.6 is 0 Å². The number of carboxylic acids is 1. The normalized spacial score (nSPS) is 13.4. The van der Waals surface area contributed by atoms with Crippen LogP contribution in [-0.4, -0.2) is 23.8 Å². The third kappa shape index (κ3) is 17.3. The van der Waals surface area contributed by atoms with Crippen molar-refractivity contribution in [1.82, 2.24) is 0 Å². The third-order valence-corrected chi connectivity index (χ3v) is 4.01. The van der Waals surface area contributed by atoms with Gasteiger partial charge in [0.15, 0.2) is 6.10 Å². The molecule has 25 heavy (non-hydrogen) atoms. The molecule has 1 atom stereocenters. The largest absolute Gasteiger partial charge is 0.479 e. The standard InChI is InChI=1S/C22H38O3/c1-3-5-6-7-8-9-10-11-12-13-14-15-16-17-18-19-20-25-21(4-2)22(23)24/h5-6,8-9,11-12,21H,3-4,7,10,13-20H2,1-2H3,(H,23,24). The van der Waals surface area contributed by atoms with Crippen LogP contribution in [0.25, 0.3) is 0 Å². The lowest BCUT2D eigenvalue weighted by Crippen LogP contribution is -2.23. The van der Waals surface area contributed by atoms with Gasteiger partial charge in [-0.05, 0) is 44.9 Å². The van der Waals surface area contributed by atoms with E-state index in [1.807, 2.05) is 6.92 Å². The molecule has 0 saturated heterocycles. The van der Waals surface area contributed by atoms with Crippen LogP contribution in [0.3, 0.4) is 0 Å². The Morgan fingerprint density at radius 1 is 0.840 bits per heavy atom. The van der Waals surface area contributed by atoms with Crippen molar-refractivity contribution in [3.63, 3.8) is 0 Å². The van der Waals surface area contributed by atoms with Gasteiger partial charge in [0.05, 0.1) is 0 Å². The van der Waals surface area contributed by atoms with Gasteiger partial charge in [-0.1, -0.05) is 76.0 Å². The Labute approximate surface area is 154 Å². The Bertz CT molecular complexity index is 383. The minimum absolute atomic E-state index is 0.536. The zero-order valence-corrected chi connectivity index (χ0v) is 16.3. The van der Waals surface area contributed by atoms with Crippen molar-refractivity contribution in [2.45, 2.75) is 90.6 Å². The van der Waals surface area contributed by atoms with Crippen LogP contribution in [0.5, 0.6) is 0 Å². The third-order valence-electron chi connectivity index (χ3n) is 4.01. The number of carboxylic acid groups (broad SMARTS) is 1. The first kappa shape index (κ1) is 23.6. The minimum Gasteiger partial charge on any atom is -0.479 e. The molecule has 1 N–H and O–H groups in total. The summed E-state index contributed by atoms with van der Waals surface area (Å²) >= 11 is 0. The van der Waals surface area contributed by atoms with Crippen molar-refractivity contribution in [1.29, 1.82) is 0 Å². The molecule has 3 nitrogen and oxygen atoms in total. The van der Waals surface area contributed by atoms with E-state index in [1.165, 1.54) is 32.1 Å². The maximum absolute atomic E-state index is 10.8. The first-order chi connectivity index (χ1) is 12.2. The predicted octanol–water partition coefficient (Wildman–Crippen LogP) is 6.46. The number of ether oxygens (including phenoxy) is 1. The molecule has 0 spiro atoms. The predicted molar refractivity (Wildman–Crippen MR) is 107 cm³/mol. The van der Waals surface area contributed by atoms with E-state index in [9.17, 15) is 4.79 Å². The molecule has 0 aromatic carbocycles. The summed E-state index contributed by atoms with van der Waals surface area (Å²) in [5.74, 6) is -0.848. The summed E-state index contributed by atoms with van der Waals surface area (Å²) in [7, 11) is 0. The molecule has 1 unspecified atom stereocenters. The molecule has 0 bridgehead atoms. The first-order valence-corrected chi connectivity index (χ1v) is 10.0. The second-order valence-corrected chi connectivity index (χ2v) is 6.31. The molecule has 0 fully saturated rings.